The number of benzene rings is 2. The van der Waals surface area contributed by atoms with Crippen molar-refractivity contribution in [2.75, 3.05) is 12.8 Å². The first-order valence-corrected chi connectivity index (χ1v) is 6.61. The molecule has 0 bridgehead atoms. The zero-order valence-electron chi connectivity index (χ0n) is 11.7. The smallest absolute Gasteiger partial charge is 0.305 e. The molecule has 0 saturated heterocycles. The molecule has 2 aromatic carbocycles. The van der Waals surface area contributed by atoms with Gasteiger partial charge in [-0.1, -0.05) is 30.3 Å². The van der Waals surface area contributed by atoms with Gasteiger partial charge in [0, 0.05) is 5.56 Å². The summed E-state index contributed by atoms with van der Waals surface area (Å²) in [6.07, 6.45) is 0. The summed E-state index contributed by atoms with van der Waals surface area (Å²) in [5.74, 6) is 1.10. The zero-order valence-corrected chi connectivity index (χ0v) is 11.7. The van der Waals surface area contributed by atoms with Crippen LogP contribution in [-0.2, 0) is 6.54 Å². The molecule has 0 aliphatic rings. The Bertz CT molecular complexity index is 721. The van der Waals surface area contributed by atoms with Crippen molar-refractivity contribution < 1.29 is 13.9 Å². The first-order valence-electron chi connectivity index (χ1n) is 6.61. The number of hydrogen-bond donors (Lipinski definition) is 1. The van der Waals surface area contributed by atoms with Crippen LogP contribution in [0.5, 0.6) is 5.75 Å². The monoisotopic (exact) mass is 282 g/mol. The van der Waals surface area contributed by atoms with Crippen LogP contribution in [0.4, 0.5) is 5.88 Å². The molecular formula is C16H16N3O2+. The Kier molecular flexibility index (Phi) is 3.55. The van der Waals surface area contributed by atoms with Crippen LogP contribution >= 0.6 is 0 Å². The van der Waals surface area contributed by atoms with Gasteiger partial charge in [-0.3, -0.25) is 4.52 Å². The van der Waals surface area contributed by atoms with Crippen LogP contribution in [0.2, 0.25) is 0 Å². The Hall–Kier alpha value is -2.82. The van der Waals surface area contributed by atoms with Crippen LogP contribution in [0.15, 0.2) is 59.1 Å². The zero-order chi connectivity index (χ0) is 14.7. The second-order valence-corrected chi connectivity index (χ2v) is 4.66. The minimum atomic E-state index is 0.302. The van der Waals surface area contributed by atoms with Gasteiger partial charge in [-0.05, 0) is 28.9 Å². The predicted molar refractivity (Wildman–Crippen MR) is 78.6 cm³/mol. The lowest BCUT2D eigenvalue weighted by Crippen LogP contribution is -2.38. The molecule has 21 heavy (non-hydrogen) atoms. The lowest BCUT2D eigenvalue weighted by molar-refractivity contribution is -0.745. The average Bonchev–Trinajstić information content (AvgIpc) is 2.89. The molecule has 0 unspecified atom stereocenters. The molecule has 5 nitrogen and oxygen atoms in total. The Labute approximate surface area is 122 Å². The van der Waals surface area contributed by atoms with Crippen molar-refractivity contribution in [1.29, 1.82) is 0 Å². The van der Waals surface area contributed by atoms with Crippen molar-refractivity contribution in [1.82, 2.24) is 5.27 Å². The van der Waals surface area contributed by atoms with Crippen LogP contribution in [0.3, 0.4) is 0 Å². The number of nitrogens with two attached hydrogens (primary N) is 1. The third kappa shape index (κ3) is 2.72. The summed E-state index contributed by atoms with van der Waals surface area (Å²) in [6, 6.07) is 17.7. The fraction of sp³-hybridized carbons (Fsp3) is 0.125. The molecule has 1 heterocycles. The number of methoxy groups -OCH3 is 1. The fourth-order valence-corrected chi connectivity index (χ4v) is 2.21. The molecule has 106 valence electrons. The lowest BCUT2D eigenvalue weighted by Gasteiger charge is -2.00. The van der Waals surface area contributed by atoms with Gasteiger partial charge < -0.3 is 10.5 Å². The van der Waals surface area contributed by atoms with Crippen LogP contribution in [-0.4, -0.2) is 12.4 Å². The maximum Gasteiger partial charge on any atom is 0.305 e. The minimum Gasteiger partial charge on any atom is -0.497 e. The maximum atomic E-state index is 5.92. The third-order valence-corrected chi connectivity index (χ3v) is 3.27. The number of hydrogen-bond acceptors (Lipinski definition) is 4. The van der Waals surface area contributed by atoms with Crippen molar-refractivity contribution in [3.8, 4) is 17.0 Å². The molecule has 1 aromatic heterocycles. The number of aromatic nitrogens is 2. The second kappa shape index (κ2) is 5.66. The first kappa shape index (κ1) is 13.2. The predicted octanol–water partition coefficient (Wildman–Crippen LogP) is 2.27. The molecule has 2 N–H and O–H groups in total. The third-order valence-electron chi connectivity index (χ3n) is 3.27. The highest BCUT2D eigenvalue weighted by Crippen LogP contribution is 2.24. The quantitative estimate of drug-likeness (QED) is 0.745. The molecule has 0 spiro atoms. The van der Waals surface area contributed by atoms with Crippen LogP contribution in [0.25, 0.3) is 11.3 Å². The average molecular weight is 282 g/mol. The number of ether oxygens (including phenoxy) is 1. The van der Waals surface area contributed by atoms with Gasteiger partial charge in [-0.25, -0.2) is 0 Å². The molecular weight excluding hydrogens is 266 g/mol. The lowest BCUT2D eigenvalue weighted by atomic mass is 10.1. The molecule has 0 fully saturated rings. The van der Waals surface area contributed by atoms with Crippen LogP contribution in [0.1, 0.15) is 5.56 Å². The van der Waals surface area contributed by atoms with E-state index in [-0.39, 0.29) is 0 Å². The van der Waals surface area contributed by atoms with E-state index >= 15 is 0 Å². The van der Waals surface area contributed by atoms with Gasteiger partial charge in [-0.2, -0.15) is 0 Å². The molecule has 5 heteroatoms. The Morgan fingerprint density at radius 1 is 1.10 bits per heavy atom. The molecule has 0 aliphatic carbocycles. The summed E-state index contributed by atoms with van der Waals surface area (Å²) in [6.45, 7) is 0.600. The van der Waals surface area contributed by atoms with E-state index in [0.717, 1.165) is 22.6 Å². The van der Waals surface area contributed by atoms with Crippen molar-refractivity contribution in [3.63, 3.8) is 0 Å². The van der Waals surface area contributed by atoms with Crippen molar-refractivity contribution in [2.45, 2.75) is 6.54 Å². The summed E-state index contributed by atoms with van der Waals surface area (Å²) in [5, 5.41) is 4.02. The Morgan fingerprint density at radius 2 is 1.81 bits per heavy atom. The van der Waals surface area contributed by atoms with Gasteiger partial charge in [0.2, 0.25) is 11.8 Å². The van der Waals surface area contributed by atoms with E-state index in [1.54, 1.807) is 11.8 Å². The fourth-order valence-electron chi connectivity index (χ4n) is 2.21. The molecule has 3 rings (SSSR count). The topological polar surface area (TPSA) is 65.2 Å². The van der Waals surface area contributed by atoms with E-state index < -0.39 is 0 Å². The molecule has 0 aliphatic heterocycles. The molecule has 3 aromatic rings. The van der Waals surface area contributed by atoms with Gasteiger partial charge in [0.1, 0.15) is 5.75 Å². The maximum absolute atomic E-state index is 5.92. The number of rotatable bonds is 4. The van der Waals surface area contributed by atoms with E-state index in [1.165, 1.54) is 0 Å². The highest BCUT2D eigenvalue weighted by Gasteiger charge is 2.24. The molecule has 0 radical (unpaired) electrons. The van der Waals surface area contributed by atoms with Crippen molar-refractivity contribution in [3.05, 3.63) is 60.2 Å². The van der Waals surface area contributed by atoms with Gasteiger partial charge in [0.05, 0.1) is 12.7 Å². The van der Waals surface area contributed by atoms with Gasteiger partial charge >= 0.3 is 11.6 Å². The molecule has 0 amide bonds. The highest BCUT2D eigenvalue weighted by atomic mass is 16.5. The SMILES string of the molecule is COc1ccc(-c2c(N)on[n+]2Cc2ccccc2)cc1. The van der Waals surface area contributed by atoms with Crippen LogP contribution < -0.4 is 15.2 Å². The van der Waals surface area contributed by atoms with Crippen molar-refractivity contribution >= 4 is 5.88 Å². The van der Waals surface area contributed by atoms with E-state index in [4.69, 9.17) is 15.0 Å². The highest BCUT2D eigenvalue weighted by molar-refractivity contribution is 5.65. The summed E-state index contributed by atoms with van der Waals surface area (Å²) in [4.78, 5) is 0. The Morgan fingerprint density at radius 3 is 2.48 bits per heavy atom. The molecule has 0 saturated carbocycles. The van der Waals surface area contributed by atoms with E-state index in [9.17, 15) is 0 Å². The Balaban J connectivity index is 1.96. The van der Waals surface area contributed by atoms with Crippen molar-refractivity contribution in [2.24, 2.45) is 0 Å². The van der Waals surface area contributed by atoms with Gasteiger partial charge in [0.15, 0.2) is 0 Å². The summed E-state index contributed by atoms with van der Waals surface area (Å²) >= 11 is 0. The van der Waals surface area contributed by atoms with E-state index in [2.05, 4.69) is 5.27 Å². The summed E-state index contributed by atoms with van der Waals surface area (Å²) in [5.41, 5.74) is 8.75. The van der Waals surface area contributed by atoms with Crippen LogP contribution in [0, 0.1) is 0 Å². The summed E-state index contributed by atoms with van der Waals surface area (Å²) in [7, 11) is 1.64. The van der Waals surface area contributed by atoms with E-state index in [0.29, 0.717) is 12.4 Å². The number of anilines is 1. The number of nitrogens with zero attached hydrogens (tertiary/aromatic N) is 2. The standard InChI is InChI=1S/C16H16N3O2/c1-20-14-9-7-13(8-10-14)15-16(17)21-18-19(15)11-12-5-3-2-4-6-12/h2-10H,11,17H2,1H3/q+1. The van der Waals surface area contributed by atoms with Gasteiger partial charge in [0.25, 0.3) is 0 Å². The van der Waals surface area contributed by atoms with E-state index in [1.807, 2.05) is 54.6 Å². The largest absolute Gasteiger partial charge is 0.497 e. The molecule has 0 atom stereocenters. The number of nitrogen functional groups attached to an aromatic ring is 1. The summed E-state index contributed by atoms with van der Waals surface area (Å²) < 4.78 is 12.1. The normalized spacial score (nSPS) is 10.5. The van der Waals surface area contributed by atoms with Gasteiger partial charge in [-0.15, -0.1) is 0 Å². The minimum absolute atomic E-state index is 0.302. The second-order valence-electron chi connectivity index (χ2n) is 4.66. The first-order chi connectivity index (χ1) is 10.3.